The Morgan fingerprint density at radius 2 is 2.09 bits per heavy atom. The highest BCUT2D eigenvalue weighted by molar-refractivity contribution is 4.86. The average molecular weight is 158 g/mol. The van der Waals surface area contributed by atoms with E-state index in [-0.39, 0.29) is 0 Å². The maximum Gasteiger partial charge on any atom is 0.101 e. The van der Waals surface area contributed by atoms with Crippen molar-refractivity contribution in [3.05, 3.63) is 0 Å². The lowest BCUT2D eigenvalue weighted by molar-refractivity contribution is 0.0129. The largest absolute Gasteiger partial charge is 0.375 e. The number of rotatable bonds is 0. The molecular formula is C9H15FO. The molecule has 2 fully saturated rings. The van der Waals surface area contributed by atoms with Gasteiger partial charge in [0.15, 0.2) is 0 Å². The second-order valence-electron chi connectivity index (χ2n) is 3.89. The van der Waals surface area contributed by atoms with Crippen LogP contribution < -0.4 is 0 Å². The van der Waals surface area contributed by atoms with Gasteiger partial charge in [-0.05, 0) is 38.5 Å². The summed E-state index contributed by atoms with van der Waals surface area (Å²) in [6, 6.07) is 0. The molecule has 0 aromatic rings. The summed E-state index contributed by atoms with van der Waals surface area (Å²) < 4.78 is 18.5. The summed E-state index contributed by atoms with van der Waals surface area (Å²) in [4.78, 5) is 0. The minimum atomic E-state index is -0.551. The molecule has 0 aromatic heterocycles. The molecule has 11 heavy (non-hydrogen) atoms. The third kappa shape index (κ3) is 1.41. The van der Waals surface area contributed by atoms with Gasteiger partial charge < -0.3 is 4.74 Å². The molecule has 2 rings (SSSR count). The topological polar surface area (TPSA) is 9.23 Å². The first-order chi connectivity index (χ1) is 5.25. The number of ether oxygens (including phenoxy) is 1. The van der Waals surface area contributed by atoms with Crippen molar-refractivity contribution < 1.29 is 9.13 Å². The number of alkyl halides is 1. The van der Waals surface area contributed by atoms with E-state index < -0.39 is 6.17 Å². The third-order valence-corrected chi connectivity index (χ3v) is 2.89. The zero-order valence-electron chi connectivity index (χ0n) is 6.92. The molecule has 1 saturated heterocycles. The molecule has 1 heterocycles. The van der Waals surface area contributed by atoms with E-state index in [9.17, 15) is 4.39 Å². The third-order valence-electron chi connectivity index (χ3n) is 2.89. The summed E-state index contributed by atoms with van der Waals surface area (Å²) in [6.45, 7) is 2.09. The molecule has 0 N–H and O–H groups in total. The minimum Gasteiger partial charge on any atom is -0.375 e. The van der Waals surface area contributed by atoms with Crippen LogP contribution in [0.25, 0.3) is 0 Å². The van der Waals surface area contributed by atoms with Crippen molar-refractivity contribution >= 4 is 0 Å². The van der Waals surface area contributed by atoms with Crippen molar-refractivity contribution in [1.82, 2.24) is 0 Å². The SMILES string of the molecule is C[C@@H]1C[C@H]2CC(F)CC[C@H]2O1. The highest BCUT2D eigenvalue weighted by atomic mass is 19.1. The maximum atomic E-state index is 12.9. The number of hydrogen-bond donors (Lipinski definition) is 0. The van der Waals surface area contributed by atoms with E-state index in [0.717, 1.165) is 19.3 Å². The Bertz CT molecular complexity index is 148. The number of hydrogen-bond acceptors (Lipinski definition) is 1. The summed E-state index contributed by atoms with van der Waals surface area (Å²) in [5.74, 6) is 0.522. The van der Waals surface area contributed by atoms with E-state index in [1.54, 1.807) is 0 Å². The van der Waals surface area contributed by atoms with Gasteiger partial charge in [-0.25, -0.2) is 4.39 Å². The highest BCUT2D eigenvalue weighted by Gasteiger charge is 2.37. The van der Waals surface area contributed by atoms with Gasteiger partial charge >= 0.3 is 0 Å². The first-order valence-corrected chi connectivity index (χ1v) is 4.55. The summed E-state index contributed by atoms with van der Waals surface area (Å²) in [5.41, 5.74) is 0. The second kappa shape index (κ2) is 2.74. The van der Waals surface area contributed by atoms with Crippen molar-refractivity contribution in [3.63, 3.8) is 0 Å². The number of halogens is 1. The molecule has 0 aromatic carbocycles. The van der Waals surface area contributed by atoms with Gasteiger partial charge in [-0.15, -0.1) is 0 Å². The van der Waals surface area contributed by atoms with Crippen molar-refractivity contribution in [2.24, 2.45) is 5.92 Å². The lowest BCUT2D eigenvalue weighted by atomic mass is 9.84. The lowest BCUT2D eigenvalue weighted by Crippen LogP contribution is -2.26. The predicted molar refractivity (Wildman–Crippen MR) is 41.2 cm³/mol. The fraction of sp³-hybridized carbons (Fsp3) is 1.00. The molecule has 1 saturated carbocycles. The summed E-state index contributed by atoms with van der Waals surface area (Å²) in [7, 11) is 0. The van der Waals surface area contributed by atoms with E-state index >= 15 is 0 Å². The Balaban J connectivity index is 1.97. The summed E-state index contributed by atoms with van der Waals surface area (Å²) >= 11 is 0. The second-order valence-corrected chi connectivity index (χ2v) is 3.89. The highest BCUT2D eigenvalue weighted by Crippen LogP contribution is 2.38. The predicted octanol–water partition coefficient (Wildman–Crippen LogP) is 2.30. The van der Waals surface area contributed by atoms with E-state index in [2.05, 4.69) is 6.92 Å². The van der Waals surface area contributed by atoms with E-state index in [4.69, 9.17) is 4.74 Å². The van der Waals surface area contributed by atoms with Crippen molar-refractivity contribution in [2.75, 3.05) is 0 Å². The Morgan fingerprint density at radius 1 is 1.27 bits per heavy atom. The van der Waals surface area contributed by atoms with Crippen LogP contribution in [-0.2, 0) is 4.74 Å². The maximum absolute atomic E-state index is 12.9. The van der Waals surface area contributed by atoms with Crippen molar-refractivity contribution in [1.29, 1.82) is 0 Å². The Morgan fingerprint density at radius 3 is 2.91 bits per heavy atom. The standard InChI is InChI=1S/C9H15FO/c1-6-4-7-5-8(10)2-3-9(7)11-6/h6-9H,2-5H2,1H3/t6-,7+,8?,9-/m1/s1. The normalized spacial score (nSPS) is 50.7. The molecule has 2 heteroatoms. The fourth-order valence-electron chi connectivity index (χ4n) is 2.39. The zero-order valence-corrected chi connectivity index (χ0v) is 6.92. The van der Waals surface area contributed by atoms with E-state index in [1.807, 2.05) is 0 Å². The van der Waals surface area contributed by atoms with E-state index in [0.29, 0.717) is 24.5 Å². The van der Waals surface area contributed by atoms with Gasteiger partial charge in [-0.1, -0.05) is 0 Å². The van der Waals surface area contributed by atoms with Gasteiger partial charge in [0.25, 0.3) is 0 Å². The van der Waals surface area contributed by atoms with Gasteiger partial charge in [-0.2, -0.15) is 0 Å². The van der Waals surface area contributed by atoms with Crippen LogP contribution in [-0.4, -0.2) is 18.4 Å². The quantitative estimate of drug-likeness (QED) is 0.525. The summed E-state index contributed by atoms with van der Waals surface area (Å²) in [6.07, 6.45) is 3.68. The van der Waals surface area contributed by atoms with Crippen molar-refractivity contribution in [3.8, 4) is 0 Å². The van der Waals surface area contributed by atoms with Crippen molar-refractivity contribution in [2.45, 2.75) is 51.0 Å². The average Bonchev–Trinajstić information content (AvgIpc) is 2.27. The molecule has 0 spiro atoms. The first kappa shape index (κ1) is 7.53. The smallest absolute Gasteiger partial charge is 0.101 e. The molecule has 4 atom stereocenters. The molecular weight excluding hydrogens is 143 g/mol. The van der Waals surface area contributed by atoms with Crippen LogP contribution in [0.2, 0.25) is 0 Å². The lowest BCUT2D eigenvalue weighted by Gasteiger charge is -2.25. The van der Waals surface area contributed by atoms with Crippen LogP contribution in [0.4, 0.5) is 4.39 Å². The van der Waals surface area contributed by atoms with Gasteiger partial charge in [0.05, 0.1) is 12.2 Å². The molecule has 1 nitrogen and oxygen atoms in total. The van der Waals surface area contributed by atoms with Crippen LogP contribution in [0.1, 0.15) is 32.6 Å². The zero-order chi connectivity index (χ0) is 7.84. The monoisotopic (exact) mass is 158 g/mol. The summed E-state index contributed by atoms with van der Waals surface area (Å²) in [5, 5.41) is 0. The molecule has 1 aliphatic heterocycles. The van der Waals surface area contributed by atoms with Crippen LogP contribution in [0.5, 0.6) is 0 Å². The minimum absolute atomic E-state index is 0.371. The molecule has 0 radical (unpaired) electrons. The molecule has 1 unspecified atom stereocenters. The molecule has 0 bridgehead atoms. The Hall–Kier alpha value is -0.110. The van der Waals surface area contributed by atoms with Crippen LogP contribution >= 0.6 is 0 Å². The fourth-order valence-corrected chi connectivity index (χ4v) is 2.39. The van der Waals surface area contributed by atoms with Gasteiger partial charge in [0.1, 0.15) is 6.17 Å². The molecule has 1 aliphatic carbocycles. The molecule has 0 amide bonds. The molecule has 64 valence electrons. The van der Waals surface area contributed by atoms with Crippen LogP contribution in [0.15, 0.2) is 0 Å². The Kier molecular flexibility index (Phi) is 1.88. The van der Waals surface area contributed by atoms with Gasteiger partial charge in [0, 0.05) is 0 Å². The van der Waals surface area contributed by atoms with E-state index in [1.165, 1.54) is 0 Å². The van der Waals surface area contributed by atoms with Gasteiger partial charge in [-0.3, -0.25) is 0 Å². The van der Waals surface area contributed by atoms with Crippen LogP contribution in [0.3, 0.4) is 0 Å². The van der Waals surface area contributed by atoms with Gasteiger partial charge in [0.2, 0.25) is 0 Å². The first-order valence-electron chi connectivity index (χ1n) is 4.55. The molecule has 2 aliphatic rings. The van der Waals surface area contributed by atoms with Crippen LogP contribution in [0, 0.1) is 5.92 Å². The Labute approximate surface area is 66.9 Å². The number of fused-ring (bicyclic) bond motifs is 1.